The molecule has 2 rings (SSSR count). The van der Waals surface area contributed by atoms with Crippen molar-refractivity contribution < 1.29 is 14.6 Å². The van der Waals surface area contributed by atoms with Crippen molar-refractivity contribution in [2.75, 3.05) is 25.6 Å². The zero-order valence-electron chi connectivity index (χ0n) is 15.6. The first-order valence-electron chi connectivity index (χ1n) is 8.59. The van der Waals surface area contributed by atoms with Crippen molar-refractivity contribution in [3.8, 4) is 23.6 Å². The van der Waals surface area contributed by atoms with E-state index < -0.39 is 0 Å². The van der Waals surface area contributed by atoms with Gasteiger partial charge in [0.15, 0.2) is 11.5 Å². The van der Waals surface area contributed by atoms with Crippen LogP contribution in [0.25, 0.3) is 11.6 Å². The molecule has 0 unspecified atom stereocenters. The Morgan fingerprint density at radius 1 is 1.32 bits per heavy atom. The molecule has 1 aromatic carbocycles. The number of nitriles is 2. The van der Waals surface area contributed by atoms with Gasteiger partial charge in [-0.2, -0.15) is 15.6 Å². The number of benzene rings is 1. The molecule has 1 aromatic heterocycles. The third-order valence-electron chi connectivity index (χ3n) is 3.72. The van der Waals surface area contributed by atoms with Gasteiger partial charge in [-0.15, -0.1) is 0 Å². The van der Waals surface area contributed by atoms with Gasteiger partial charge < -0.3 is 20.3 Å². The number of anilines is 1. The van der Waals surface area contributed by atoms with Crippen LogP contribution in [0.4, 0.5) is 5.82 Å². The molecule has 0 saturated carbocycles. The summed E-state index contributed by atoms with van der Waals surface area (Å²) in [5.74, 6) is 1.34. The number of allylic oxidation sites excluding steroid dienone is 1. The highest BCUT2D eigenvalue weighted by Crippen LogP contribution is 2.35. The van der Waals surface area contributed by atoms with E-state index in [1.165, 1.54) is 4.68 Å². The Labute approximate surface area is 176 Å². The molecule has 1 heterocycles. The number of nitrogens with zero attached hydrogens (tertiary/aromatic N) is 4. The molecule has 0 fully saturated rings. The molecule has 146 valence electrons. The SMILES string of the molecule is CCOc1cc(C=C(C#N)c2nn(CCO)c(N)c2C#N)cc(I)c1OCC. The molecule has 0 aliphatic heterocycles. The molecule has 0 radical (unpaired) electrons. The maximum Gasteiger partial charge on any atom is 0.174 e. The molecule has 8 nitrogen and oxygen atoms in total. The molecule has 0 atom stereocenters. The van der Waals surface area contributed by atoms with Crippen LogP contribution in [-0.2, 0) is 6.54 Å². The van der Waals surface area contributed by atoms with Crippen molar-refractivity contribution in [3.63, 3.8) is 0 Å². The summed E-state index contributed by atoms with van der Waals surface area (Å²) in [6.45, 7) is 4.69. The minimum absolute atomic E-state index is 0.104. The first-order chi connectivity index (χ1) is 13.5. The summed E-state index contributed by atoms with van der Waals surface area (Å²) in [7, 11) is 0. The van der Waals surface area contributed by atoms with Crippen LogP contribution in [0.5, 0.6) is 11.5 Å². The molecule has 28 heavy (non-hydrogen) atoms. The van der Waals surface area contributed by atoms with Gasteiger partial charge in [0.1, 0.15) is 29.2 Å². The van der Waals surface area contributed by atoms with E-state index in [4.69, 9.17) is 20.3 Å². The minimum Gasteiger partial charge on any atom is -0.490 e. The van der Waals surface area contributed by atoms with E-state index in [-0.39, 0.29) is 35.8 Å². The highest BCUT2D eigenvalue weighted by Gasteiger charge is 2.19. The number of rotatable bonds is 8. The van der Waals surface area contributed by atoms with E-state index in [2.05, 4.69) is 33.8 Å². The molecule has 0 saturated heterocycles. The van der Waals surface area contributed by atoms with Crippen LogP contribution in [-0.4, -0.2) is 34.7 Å². The van der Waals surface area contributed by atoms with Gasteiger partial charge in [-0.25, -0.2) is 4.68 Å². The summed E-state index contributed by atoms with van der Waals surface area (Å²) in [5, 5.41) is 32.4. The van der Waals surface area contributed by atoms with Gasteiger partial charge in [-0.3, -0.25) is 0 Å². The molecule has 9 heteroatoms. The number of aromatic nitrogens is 2. The number of aliphatic hydroxyl groups is 1. The number of nitrogen functional groups attached to an aromatic ring is 1. The molecule has 3 N–H and O–H groups in total. The monoisotopic (exact) mass is 493 g/mol. The van der Waals surface area contributed by atoms with Crippen LogP contribution in [0.15, 0.2) is 12.1 Å². The van der Waals surface area contributed by atoms with Crippen LogP contribution in [0.2, 0.25) is 0 Å². The lowest BCUT2D eigenvalue weighted by atomic mass is 10.1. The molecule has 0 aliphatic rings. The molecular weight excluding hydrogens is 473 g/mol. The lowest BCUT2D eigenvalue weighted by Gasteiger charge is -2.13. The Morgan fingerprint density at radius 2 is 2.04 bits per heavy atom. The van der Waals surface area contributed by atoms with Crippen molar-refractivity contribution >= 4 is 40.1 Å². The second-order valence-electron chi connectivity index (χ2n) is 5.53. The maximum absolute atomic E-state index is 9.65. The number of hydrogen-bond acceptors (Lipinski definition) is 7. The number of halogens is 1. The number of nitrogens with two attached hydrogens (primary N) is 1. The van der Waals surface area contributed by atoms with Crippen LogP contribution in [0, 0.1) is 26.2 Å². The quantitative estimate of drug-likeness (QED) is 0.427. The zero-order chi connectivity index (χ0) is 20.7. The molecule has 0 aliphatic carbocycles. The van der Waals surface area contributed by atoms with Gasteiger partial charge in [-0.1, -0.05) is 0 Å². The summed E-state index contributed by atoms with van der Waals surface area (Å²) in [5.41, 5.74) is 7.09. The second-order valence-corrected chi connectivity index (χ2v) is 6.70. The first kappa shape index (κ1) is 21.5. The summed E-state index contributed by atoms with van der Waals surface area (Å²) in [4.78, 5) is 0. The first-order valence-corrected chi connectivity index (χ1v) is 9.67. The van der Waals surface area contributed by atoms with Crippen LogP contribution >= 0.6 is 22.6 Å². The summed E-state index contributed by atoms with van der Waals surface area (Å²) < 4.78 is 13.5. The fourth-order valence-electron chi connectivity index (χ4n) is 2.58. The molecule has 0 spiro atoms. The van der Waals surface area contributed by atoms with E-state index in [1.54, 1.807) is 12.1 Å². The van der Waals surface area contributed by atoms with E-state index in [9.17, 15) is 10.5 Å². The fourth-order valence-corrected chi connectivity index (χ4v) is 3.36. The Kier molecular flexibility index (Phi) is 7.67. The maximum atomic E-state index is 9.65. The van der Waals surface area contributed by atoms with Gasteiger partial charge in [-0.05, 0) is 60.2 Å². The van der Waals surface area contributed by atoms with Crippen LogP contribution < -0.4 is 15.2 Å². The van der Waals surface area contributed by atoms with E-state index in [0.717, 1.165) is 3.57 Å². The van der Waals surface area contributed by atoms with Gasteiger partial charge in [0, 0.05) is 0 Å². The largest absolute Gasteiger partial charge is 0.490 e. The smallest absolute Gasteiger partial charge is 0.174 e. The lowest BCUT2D eigenvalue weighted by molar-refractivity contribution is 0.270. The van der Waals surface area contributed by atoms with Crippen molar-refractivity contribution in [1.29, 1.82) is 10.5 Å². The van der Waals surface area contributed by atoms with Gasteiger partial charge in [0.25, 0.3) is 0 Å². The molecule has 0 amide bonds. The van der Waals surface area contributed by atoms with Crippen molar-refractivity contribution in [1.82, 2.24) is 9.78 Å². The highest BCUT2D eigenvalue weighted by molar-refractivity contribution is 14.1. The summed E-state index contributed by atoms with van der Waals surface area (Å²) in [6, 6.07) is 7.69. The Morgan fingerprint density at radius 3 is 2.61 bits per heavy atom. The average molecular weight is 493 g/mol. The summed E-state index contributed by atoms with van der Waals surface area (Å²) in [6.07, 6.45) is 1.62. The Balaban J connectivity index is 2.58. The normalized spacial score (nSPS) is 11.0. The van der Waals surface area contributed by atoms with E-state index in [1.807, 2.05) is 26.0 Å². The minimum atomic E-state index is -0.184. The van der Waals surface area contributed by atoms with Crippen molar-refractivity contribution in [2.24, 2.45) is 0 Å². The van der Waals surface area contributed by atoms with E-state index in [0.29, 0.717) is 30.3 Å². The third kappa shape index (κ3) is 4.55. The zero-order valence-corrected chi connectivity index (χ0v) is 17.7. The standard InChI is InChI=1S/C19H20IN5O3/c1-3-27-16-9-12(8-15(20)18(16)28-4-2)7-13(10-21)17-14(11-22)19(23)25(24-17)5-6-26/h7-9,26H,3-6,23H2,1-2H3. The highest BCUT2D eigenvalue weighted by atomic mass is 127. The molecular formula is C19H20IN5O3. The number of ether oxygens (including phenoxy) is 2. The van der Waals surface area contributed by atoms with Crippen LogP contribution in [0.1, 0.15) is 30.7 Å². The lowest BCUT2D eigenvalue weighted by Crippen LogP contribution is -2.07. The Bertz CT molecular complexity index is 969. The van der Waals surface area contributed by atoms with E-state index >= 15 is 0 Å². The second kappa shape index (κ2) is 9.97. The number of aliphatic hydroxyl groups excluding tert-OH is 1. The van der Waals surface area contributed by atoms with Gasteiger partial charge in [0.05, 0.1) is 35.5 Å². The predicted molar refractivity (Wildman–Crippen MR) is 113 cm³/mol. The Hall–Kier alpha value is -2.76. The molecule has 2 aromatic rings. The van der Waals surface area contributed by atoms with Crippen LogP contribution in [0.3, 0.4) is 0 Å². The van der Waals surface area contributed by atoms with Crippen molar-refractivity contribution in [3.05, 3.63) is 32.5 Å². The fraction of sp³-hybridized carbons (Fsp3) is 0.316. The van der Waals surface area contributed by atoms with Crippen molar-refractivity contribution in [2.45, 2.75) is 20.4 Å². The van der Waals surface area contributed by atoms with Gasteiger partial charge >= 0.3 is 0 Å². The summed E-state index contributed by atoms with van der Waals surface area (Å²) >= 11 is 2.15. The third-order valence-corrected chi connectivity index (χ3v) is 4.52. The number of hydrogen-bond donors (Lipinski definition) is 2. The average Bonchev–Trinajstić information content (AvgIpc) is 2.98. The topological polar surface area (TPSA) is 130 Å². The predicted octanol–water partition coefficient (Wildman–Crippen LogP) is 2.80. The molecule has 0 bridgehead atoms. The van der Waals surface area contributed by atoms with Gasteiger partial charge in [0.2, 0.25) is 0 Å².